The molecule has 0 spiro atoms. The Kier molecular flexibility index (Phi) is 13.3. The molecule has 8 aromatic rings. The SMILES string of the molecule is CC(C)c1cc2c(-c3cccc4ccccc34)cccc2[cH-]1.C[Si]C.Cc1cc2c(-c3ccc4ccccc4c3)ccc(C)c2[cH-]1.[Cl][Zr+2][Cl]. The average molecular weight is 773 g/mol. The topological polar surface area (TPSA) is 0 Å². The van der Waals surface area contributed by atoms with Gasteiger partial charge in [0.05, 0.1) is 0 Å². The summed E-state index contributed by atoms with van der Waals surface area (Å²) in [7, 11) is 11.0. The third-order valence-electron chi connectivity index (χ3n) is 8.83. The molecule has 0 aromatic heterocycles. The van der Waals surface area contributed by atoms with E-state index in [1.165, 1.54) is 82.0 Å². The molecule has 0 unspecified atom stereocenters. The molecule has 0 aliphatic heterocycles. The Morgan fingerprint density at radius 1 is 0.571 bits per heavy atom. The summed E-state index contributed by atoms with van der Waals surface area (Å²) in [6, 6.07) is 50.9. The Labute approximate surface area is 313 Å². The summed E-state index contributed by atoms with van der Waals surface area (Å²) >= 11 is -0.826. The van der Waals surface area contributed by atoms with Gasteiger partial charge in [0.2, 0.25) is 0 Å². The van der Waals surface area contributed by atoms with Crippen LogP contribution in [0.15, 0.2) is 140 Å². The predicted octanol–water partition coefficient (Wildman–Crippen LogP) is 14.7. The number of halogens is 2. The second-order valence-corrected chi connectivity index (χ2v) is 17.4. The summed E-state index contributed by atoms with van der Waals surface area (Å²) in [6.07, 6.45) is 0. The zero-order valence-electron chi connectivity index (χ0n) is 29.1. The summed E-state index contributed by atoms with van der Waals surface area (Å²) in [5.74, 6) is 0.563. The van der Waals surface area contributed by atoms with E-state index in [-0.39, 0.29) is 0 Å². The molecule has 0 saturated carbocycles. The summed E-state index contributed by atoms with van der Waals surface area (Å²) in [4.78, 5) is 0. The van der Waals surface area contributed by atoms with E-state index in [4.69, 9.17) is 17.0 Å². The van der Waals surface area contributed by atoms with Crippen molar-refractivity contribution in [2.45, 2.75) is 46.7 Å². The van der Waals surface area contributed by atoms with Crippen molar-refractivity contribution in [3.05, 3.63) is 156 Å². The first-order valence-corrected chi connectivity index (χ1v) is 25.0. The zero-order valence-corrected chi connectivity index (χ0v) is 34.1. The van der Waals surface area contributed by atoms with Crippen molar-refractivity contribution in [2.24, 2.45) is 0 Å². The Morgan fingerprint density at radius 2 is 1.18 bits per heavy atom. The zero-order chi connectivity index (χ0) is 34.9. The first-order valence-electron chi connectivity index (χ1n) is 16.7. The molecule has 0 atom stereocenters. The second kappa shape index (κ2) is 17.6. The van der Waals surface area contributed by atoms with Gasteiger partial charge >= 0.3 is 37.9 Å². The van der Waals surface area contributed by atoms with Gasteiger partial charge in [-0.15, -0.1) is 68.6 Å². The Morgan fingerprint density at radius 3 is 1.90 bits per heavy atom. The average Bonchev–Trinajstić information content (AvgIpc) is 3.74. The van der Waals surface area contributed by atoms with E-state index in [0.717, 1.165) is 9.52 Å². The van der Waals surface area contributed by atoms with Gasteiger partial charge in [0, 0.05) is 9.52 Å². The van der Waals surface area contributed by atoms with E-state index in [9.17, 15) is 0 Å². The number of rotatable bonds is 3. The molecule has 0 fully saturated rings. The standard InChI is InChI=1S/C22H19.C21H17.C2H6Si.2ClH.Zr/c1-15(2)18-13-17-9-6-12-21(22(17)14-18)20-11-5-8-16-7-3-4-10-19(16)20;1-14-11-20-15(2)7-10-19(21(20)12-14)18-9-8-16-5-3-4-6-17(16)13-18;1-3-2;;;/h3-15H,1-2H3;3-13H,1-2H3;1-2H3;2*1H;/q2*-1;;;;+4/p-2. The van der Waals surface area contributed by atoms with Crippen molar-refractivity contribution >= 4 is 69.6 Å². The van der Waals surface area contributed by atoms with Crippen LogP contribution in [0.3, 0.4) is 0 Å². The number of hydrogen-bond donors (Lipinski definition) is 0. The van der Waals surface area contributed by atoms with Crippen LogP contribution in [0.4, 0.5) is 0 Å². The van der Waals surface area contributed by atoms with E-state index < -0.39 is 20.8 Å². The Hall–Kier alpha value is -3.26. The van der Waals surface area contributed by atoms with Crippen LogP contribution in [0, 0.1) is 13.8 Å². The van der Waals surface area contributed by atoms with Gasteiger partial charge in [-0.2, -0.15) is 12.1 Å². The van der Waals surface area contributed by atoms with Gasteiger partial charge in [-0.3, -0.25) is 0 Å². The maximum atomic E-state index is 4.93. The minimum atomic E-state index is -0.826. The Balaban J connectivity index is 0.000000165. The van der Waals surface area contributed by atoms with Crippen LogP contribution in [-0.4, -0.2) is 9.52 Å². The van der Waals surface area contributed by atoms with Gasteiger partial charge in [0.1, 0.15) is 0 Å². The summed E-state index contributed by atoms with van der Waals surface area (Å²) in [5, 5.41) is 10.7. The molecule has 0 aliphatic carbocycles. The van der Waals surface area contributed by atoms with Crippen molar-refractivity contribution in [1.29, 1.82) is 0 Å². The molecular weight excluding hydrogens is 731 g/mol. The second-order valence-electron chi connectivity index (χ2n) is 12.7. The molecule has 2 radical (unpaired) electrons. The van der Waals surface area contributed by atoms with Crippen LogP contribution in [0.2, 0.25) is 13.1 Å². The molecule has 0 nitrogen and oxygen atoms in total. The van der Waals surface area contributed by atoms with Gasteiger partial charge in [-0.25, -0.2) is 0 Å². The third kappa shape index (κ3) is 8.73. The molecular formula is C45H42Cl2SiZr. The molecule has 0 aliphatic rings. The van der Waals surface area contributed by atoms with E-state index in [0.29, 0.717) is 5.92 Å². The van der Waals surface area contributed by atoms with Crippen molar-refractivity contribution in [2.75, 3.05) is 0 Å². The molecule has 49 heavy (non-hydrogen) atoms. The van der Waals surface area contributed by atoms with Crippen molar-refractivity contribution in [1.82, 2.24) is 0 Å². The van der Waals surface area contributed by atoms with E-state index in [2.05, 4.69) is 180 Å². The molecule has 4 heteroatoms. The maximum absolute atomic E-state index is 4.93. The number of aryl methyl sites for hydroxylation is 2. The molecule has 0 amide bonds. The van der Waals surface area contributed by atoms with E-state index in [1.54, 1.807) is 0 Å². The molecule has 8 aromatic carbocycles. The van der Waals surface area contributed by atoms with Gasteiger partial charge in [-0.1, -0.05) is 143 Å². The number of fused-ring (bicyclic) bond motifs is 4. The van der Waals surface area contributed by atoms with Gasteiger partial charge in [-0.05, 0) is 44.7 Å². The predicted molar refractivity (Wildman–Crippen MR) is 218 cm³/mol. The first kappa shape index (κ1) is 37.0. The normalized spacial score (nSPS) is 10.6. The monoisotopic (exact) mass is 770 g/mol. The molecule has 8 rings (SSSR count). The van der Waals surface area contributed by atoms with Crippen LogP contribution in [0.5, 0.6) is 0 Å². The van der Waals surface area contributed by atoms with Crippen LogP contribution in [0.25, 0.3) is 65.3 Å². The summed E-state index contributed by atoms with van der Waals surface area (Å²) < 4.78 is 0. The van der Waals surface area contributed by atoms with Gasteiger partial charge in [0.15, 0.2) is 0 Å². The van der Waals surface area contributed by atoms with Crippen molar-refractivity contribution in [3.63, 3.8) is 0 Å². The molecule has 0 N–H and O–H groups in total. The fourth-order valence-corrected chi connectivity index (χ4v) is 6.48. The van der Waals surface area contributed by atoms with Crippen LogP contribution < -0.4 is 0 Å². The minimum absolute atomic E-state index is 0.563. The number of hydrogen-bond acceptors (Lipinski definition) is 0. The fraction of sp³-hybridized carbons (Fsp3) is 0.156. The third-order valence-corrected chi connectivity index (χ3v) is 8.83. The van der Waals surface area contributed by atoms with Gasteiger partial charge < -0.3 is 0 Å². The van der Waals surface area contributed by atoms with E-state index in [1.807, 2.05) is 0 Å². The molecule has 0 heterocycles. The molecule has 0 saturated heterocycles. The molecule has 0 bridgehead atoms. The summed E-state index contributed by atoms with van der Waals surface area (Å²) in [6.45, 7) is 13.2. The molecule has 244 valence electrons. The Bertz CT molecular complexity index is 2280. The fourth-order valence-electron chi connectivity index (χ4n) is 6.48. The van der Waals surface area contributed by atoms with E-state index >= 15 is 0 Å². The van der Waals surface area contributed by atoms with Crippen LogP contribution in [0.1, 0.15) is 36.5 Å². The van der Waals surface area contributed by atoms with Crippen molar-refractivity contribution < 1.29 is 20.8 Å². The summed E-state index contributed by atoms with van der Waals surface area (Å²) in [5.41, 5.74) is 9.39. The first-order chi connectivity index (χ1) is 23.8. The van der Waals surface area contributed by atoms with Gasteiger partial charge in [0.25, 0.3) is 0 Å². The van der Waals surface area contributed by atoms with Crippen molar-refractivity contribution in [3.8, 4) is 22.3 Å². The number of benzene rings is 6. The van der Waals surface area contributed by atoms with Crippen LogP contribution >= 0.6 is 17.0 Å². The van der Waals surface area contributed by atoms with Crippen LogP contribution in [-0.2, 0) is 20.8 Å². The quantitative estimate of drug-likeness (QED) is 0.124.